The van der Waals surface area contributed by atoms with Crippen molar-refractivity contribution in [2.45, 2.75) is 0 Å². The van der Waals surface area contributed by atoms with E-state index in [1.807, 2.05) is 30.7 Å². The molecule has 0 bridgehead atoms. The first-order valence-electron chi connectivity index (χ1n) is 7.25. The van der Waals surface area contributed by atoms with Crippen molar-refractivity contribution >= 4 is 34.4 Å². The number of nitrogens with one attached hydrogen (secondary N) is 2. The van der Waals surface area contributed by atoms with Gasteiger partial charge in [-0.05, 0) is 18.2 Å². The Kier molecular flexibility index (Phi) is 4.65. The van der Waals surface area contributed by atoms with Crippen LogP contribution in [0.25, 0.3) is 16.6 Å². The molecule has 6 heteroatoms. The van der Waals surface area contributed by atoms with Crippen LogP contribution >= 0.6 is 11.6 Å². The van der Waals surface area contributed by atoms with Crippen LogP contribution in [0.1, 0.15) is 5.56 Å². The molecule has 0 unspecified atom stereocenters. The van der Waals surface area contributed by atoms with Gasteiger partial charge in [0.2, 0.25) is 0 Å². The molecule has 0 radical (unpaired) electrons. The van der Waals surface area contributed by atoms with Gasteiger partial charge < -0.3 is 10.6 Å². The number of pyridine rings is 2. The van der Waals surface area contributed by atoms with Crippen molar-refractivity contribution in [2.24, 2.45) is 10.9 Å². The van der Waals surface area contributed by atoms with E-state index in [1.54, 1.807) is 13.1 Å². The molecule has 1 aliphatic rings. The zero-order valence-corrected chi connectivity index (χ0v) is 13.1. The van der Waals surface area contributed by atoms with Gasteiger partial charge in [0.1, 0.15) is 5.15 Å². The van der Waals surface area contributed by atoms with E-state index in [2.05, 4.69) is 25.6 Å². The van der Waals surface area contributed by atoms with E-state index in [9.17, 15) is 0 Å². The minimum atomic E-state index is 0.469. The van der Waals surface area contributed by atoms with Crippen molar-refractivity contribution in [1.29, 1.82) is 0 Å². The van der Waals surface area contributed by atoms with E-state index in [0.717, 1.165) is 41.8 Å². The van der Waals surface area contributed by atoms with E-state index in [-0.39, 0.29) is 0 Å². The van der Waals surface area contributed by atoms with Gasteiger partial charge in [-0.15, -0.1) is 0 Å². The molecule has 0 saturated carbocycles. The summed E-state index contributed by atoms with van der Waals surface area (Å²) in [6, 6.07) is 5.59. The molecule has 0 aliphatic carbocycles. The second-order valence-electron chi connectivity index (χ2n) is 5.32. The number of hydrogen-bond acceptors (Lipinski definition) is 5. The highest BCUT2D eigenvalue weighted by atomic mass is 35.5. The average molecular weight is 316 g/mol. The summed E-state index contributed by atoms with van der Waals surface area (Å²) < 4.78 is 0. The van der Waals surface area contributed by atoms with Crippen molar-refractivity contribution < 1.29 is 0 Å². The molecule has 0 aromatic carbocycles. The van der Waals surface area contributed by atoms with E-state index >= 15 is 0 Å². The predicted molar refractivity (Wildman–Crippen MR) is 91.3 cm³/mol. The summed E-state index contributed by atoms with van der Waals surface area (Å²) in [7, 11) is 1.76. The second-order valence-corrected chi connectivity index (χ2v) is 5.70. The Morgan fingerprint density at radius 2 is 2.32 bits per heavy atom. The number of halogens is 1. The highest BCUT2D eigenvalue weighted by molar-refractivity contribution is 6.29. The molecule has 22 heavy (non-hydrogen) atoms. The van der Waals surface area contributed by atoms with E-state index < -0.39 is 0 Å². The molecule has 3 rings (SSSR count). The minimum absolute atomic E-state index is 0.469. The zero-order chi connectivity index (χ0) is 15.4. The molecule has 0 atom stereocenters. The van der Waals surface area contributed by atoms with Crippen LogP contribution in [-0.2, 0) is 0 Å². The molecule has 1 fully saturated rings. The number of hydrogen-bond donors (Lipinski definition) is 2. The highest BCUT2D eigenvalue weighted by Crippen LogP contribution is 2.18. The van der Waals surface area contributed by atoms with Crippen LogP contribution in [0, 0.1) is 5.92 Å². The van der Waals surface area contributed by atoms with E-state index in [1.165, 1.54) is 0 Å². The summed E-state index contributed by atoms with van der Waals surface area (Å²) in [4.78, 5) is 12.9. The van der Waals surface area contributed by atoms with Gasteiger partial charge in [0, 0.05) is 62.3 Å². The van der Waals surface area contributed by atoms with E-state index in [4.69, 9.17) is 11.6 Å². The van der Waals surface area contributed by atoms with Crippen LogP contribution in [0.3, 0.4) is 0 Å². The molecular weight excluding hydrogens is 298 g/mol. The Labute approximate surface area is 134 Å². The molecule has 1 aliphatic heterocycles. The fourth-order valence-electron chi connectivity index (χ4n) is 2.30. The van der Waals surface area contributed by atoms with Crippen LogP contribution in [0.5, 0.6) is 0 Å². The van der Waals surface area contributed by atoms with Gasteiger partial charge in [0.15, 0.2) is 0 Å². The number of nitrogens with zero attached hydrogens (tertiary/aromatic N) is 3. The molecule has 0 spiro atoms. The summed E-state index contributed by atoms with van der Waals surface area (Å²) in [5.74, 6) is 0.700. The topological polar surface area (TPSA) is 62.2 Å². The zero-order valence-electron chi connectivity index (χ0n) is 12.4. The van der Waals surface area contributed by atoms with Crippen molar-refractivity contribution in [3.05, 3.63) is 41.3 Å². The number of aromatic nitrogens is 2. The Morgan fingerprint density at radius 3 is 3.05 bits per heavy atom. The third-order valence-corrected chi connectivity index (χ3v) is 3.85. The first-order chi connectivity index (χ1) is 10.8. The first kappa shape index (κ1) is 14.9. The van der Waals surface area contributed by atoms with Crippen LogP contribution in [-0.4, -0.2) is 42.9 Å². The number of fused-ring (bicyclic) bond motifs is 1. The van der Waals surface area contributed by atoms with Crippen LogP contribution in [0.15, 0.2) is 35.6 Å². The molecule has 3 heterocycles. The molecule has 2 N–H and O–H groups in total. The van der Waals surface area contributed by atoms with E-state index in [0.29, 0.717) is 11.1 Å². The summed E-state index contributed by atoms with van der Waals surface area (Å²) >= 11 is 5.95. The number of aliphatic imine (C=N–C) groups is 1. The standard InChI is InChI=1S/C16H18ClN5/c1-18-8-13(9-20-7-11-5-19-6-11)12-4-15-14(21-10-12)2-3-16(17)22-15/h2-4,8-11,19-20H,5-7H2,1H3/b13-9+,18-8?. The van der Waals surface area contributed by atoms with Crippen molar-refractivity contribution in [2.75, 3.05) is 26.7 Å². The number of rotatable bonds is 5. The Hall–Kier alpha value is -1.98. The van der Waals surface area contributed by atoms with Crippen LogP contribution in [0.4, 0.5) is 0 Å². The smallest absolute Gasteiger partial charge is 0.129 e. The van der Waals surface area contributed by atoms with Gasteiger partial charge in [-0.25, -0.2) is 4.98 Å². The minimum Gasteiger partial charge on any atom is -0.390 e. The van der Waals surface area contributed by atoms with Gasteiger partial charge in [-0.3, -0.25) is 9.98 Å². The summed E-state index contributed by atoms with van der Waals surface area (Å²) in [6.45, 7) is 3.12. The van der Waals surface area contributed by atoms with Gasteiger partial charge in [-0.1, -0.05) is 11.6 Å². The molecule has 2 aromatic rings. The fraction of sp³-hybridized carbons (Fsp3) is 0.312. The molecule has 5 nitrogen and oxygen atoms in total. The third-order valence-electron chi connectivity index (χ3n) is 3.63. The second kappa shape index (κ2) is 6.85. The van der Waals surface area contributed by atoms with Crippen LogP contribution < -0.4 is 10.6 Å². The molecule has 1 saturated heterocycles. The van der Waals surface area contributed by atoms with Gasteiger partial charge in [-0.2, -0.15) is 0 Å². The van der Waals surface area contributed by atoms with Gasteiger partial charge >= 0.3 is 0 Å². The summed E-state index contributed by atoms with van der Waals surface area (Å²) in [5, 5.41) is 7.10. The SMILES string of the molecule is CN=C/C(=C\NCC1CNC1)c1cnc2ccc(Cl)nc2c1. The van der Waals surface area contributed by atoms with Crippen molar-refractivity contribution in [3.63, 3.8) is 0 Å². The Balaban J connectivity index is 1.84. The summed E-state index contributed by atoms with van der Waals surface area (Å²) in [6.07, 6.45) is 5.64. The average Bonchev–Trinajstić information content (AvgIpc) is 2.47. The number of allylic oxidation sites excluding steroid dienone is 1. The monoisotopic (exact) mass is 315 g/mol. The lowest BCUT2D eigenvalue weighted by Gasteiger charge is -2.26. The summed E-state index contributed by atoms with van der Waals surface area (Å²) in [5.41, 5.74) is 3.55. The maximum Gasteiger partial charge on any atom is 0.129 e. The Bertz CT molecular complexity index is 722. The van der Waals surface area contributed by atoms with Crippen molar-refractivity contribution in [1.82, 2.24) is 20.6 Å². The quantitative estimate of drug-likeness (QED) is 0.655. The van der Waals surface area contributed by atoms with Gasteiger partial charge in [0.25, 0.3) is 0 Å². The normalized spacial score (nSPS) is 16.2. The van der Waals surface area contributed by atoms with Crippen molar-refractivity contribution in [3.8, 4) is 0 Å². The molecule has 2 aromatic heterocycles. The predicted octanol–water partition coefficient (Wildman–Crippen LogP) is 2.13. The molecule has 114 valence electrons. The fourth-order valence-corrected chi connectivity index (χ4v) is 2.46. The maximum atomic E-state index is 5.95. The van der Waals surface area contributed by atoms with Gasteiger partial charge in [0.05, 0.1) is 11.0 Å². The molecule has 0 amide bonds. The maximum absolute atomic E-state index is 5.95. The molecular formula is C16H18ClN5. The highest BCUT2D eigenvalue weighted by Gasteiger charge is 2.15. The third kappa shape index (κ3) is 3.43. The van der Waals surface area contributed by atoms with Crippen LogP contribution in [0.2, 0.25) is 5.15 Å². The largest absolute Gasteiger partial charge is 0.390 e. The first-order valence-corrected chi connectivity index (χ1v) is 7.63. The lowest BCUT2D eigenvalue weighted by molar-refractivity contribution is 0.344. The Morgan fingerprint density at radius 1 is 1.45 bits per heavy atom. The lowest BCUT2D eigenvalue weighted by atomic mass is 10.0. The lowest BCUT2D eigenvalue weighted by Crippen LogP contribution is -2.46.